The quantitative estimate of drug-likeness (QED) is 0.870. The van der Waals surface area contributed by atoms with Crippen LogP contribution in [-0.4, -0.2) is 21.4 Å². The summed E-state index contributed by atoms with van der Waals surface area (Å²) in [6.45, 7) is 5.11. The van der Waals surface area contributed by atoms with Crippen LogP contribution in [0.5, 0.6) is 5.75 Å². The van der Waals surface area contributed by atoms with Crippen molar-refractivity contribution >= 4 is 27.3 Å². The number of hydrogen-bond acceptors (Lipinski definition) is 4. The van der Waals surface area contributed by atoms with Gasteiger partial charge in [-0.25, -0.2) is 8.42 Å². The minimum Gasteiger partial charge on any atom is -0.495 e. The average Bonchev–Trinajstić information content (AvgIpc) is 2.51. The van der Waals surface area contributed by atoms with Gasteiger partial charge >= 0.3 is 0 Å². The number of amides is 1. The van der Waals surface area contributed by atoms with Gasteiger partial charge in [0.25, 0.3) is 10.0 Å². The van der Waals surface area contributed by atoms with Crippen molar-refractivity contribution in [3.05, 3.63) is 47.5 Å². The van der Waals surface area contributed by atoms with Gasteiger partial charge in [0.2, 0.25) is 5.91 Å². The maximum Gasteiger partial charge on any atom is 0.265 e. The predicted molar refractivity (Wildman–Crippen MR) is 94.0 cm³/mol. The Bertz CT molecular complexity index is 876. The molecule has 0 fully saturated rings. The van der Waals surface area contributed by atoms with E-state index in [1.807, 2.05) is 19.9 Å². The lowest BCUT2D eigenvalue weighted by Gasteiger charge is -2.15. The van der Waals surface area contributed by atoms with Crippen LogP contribution in [0.1, 0.15) is 18.1 Å². The molecule has 0 aliphatic carbocycles. The fourth-order valence-electron chi connectivity index (χ4n) is 2.23. The lowest BCUT2D eigenvalue weighted by molar-refractivity contribution is -0.114. The number of nitrogens with one attached hydrogen (secondary N) is 2. The summed E-state index contributed by atoms with van der Waals surface area (Å²) in [4.78, 5) is 11.2. The molecule has 2 rings (SSSR count). The van der Waals surface area contributed by atoms with E-state index in [0.717, 1.165) is 11.1 Å². The summed E-state index contributed by atoms with van der Waals surface area (Å²) in [5.41, 5.74) is 2.71. The number of aryl methyl sites for hydroxylation is 1. The fourth-order valence-corrected chi connectivity index (χ4v) is 3.55. The molecule has 0 aliphatic rings. The Morgan fingerprint density at radius 3 is 2.46 bits per heavy atom. The maximum atomic E-state index is 12.8. The summed E-state index contributed by atoms with van der Waals surface area (Å²) in [5.74, 6) is -0.0899. The van der Waals surface area contributed by atoms with Gasteiger partial charge < -0.3 is 10.1 Å². The highest BCUT2D eigenvalue weighted by atomic mass is 32.2. The van der Waals surface area contributed by atoms with Crippen LogP contribution in [0.2, 0.25) is 0 Å². The molecule has 0 radical (unpaired) electrons. The van der Waals surface area contributed by atoms with Crippen LogP contribution in [0.4, 0.5) is 11.4 Å². The van der Waals surface area contributed by atoms with Crippen LogP contribution in [0, 0.1) is 13.8 Å². The summed E-state index contributed by atoms with van der Waals surface area (Å²) in [6, 6.07) is 9.84. The van der Waals surface area contributed by atoms with Crippen molar-refractivity contribution in [2.45, 2.75) is 25.7 Å². The number of benzene rings is 2. The molecule has 2 aromatic rings. The first-order valence-corrected chi connectivity index (χ1v) is 8.77. The monoisotopic (exact) mass is 348 g/mol. The lowest BCUT2D eigenvalue weighted by atomic mass is 10.1. The van der Waals surface area contributed by atoms with E-state index < -0.39 is 10.0 Å². The molecule has 0 saturated heterocycles. The van der Waals surface area contributed by atoms with Crippen LogP contribution in [0.25, 0.3) is 0 Å². The minimum absolute atomic E-state index is 0.0443. The molecular formula is C17H20N2O4S. The Hall–Kier alpha value is -2.54. The highest BCUT2D eigenvalue weighted by Crippen LogP contribution is 2.30. The Labute approximate surface area is 141 Å². The number of anilines is 2. The third kappa shape index (κ3) is 3.86. The second-order valence-electron chi connectivity index (χ2n) is 5.40. The molecule has 2 N–H and O–H groups in total. The summed E-state index contributed by atoms with van der Waals surface area (Å²) < 4.78 is 33.3. The highest BCUT2D eigenvalue weighted by Gasteiger charge is 2.21. The van der Waals surface area contributed by atoms with E-state index >= 15 is 0 Å². The molecule has 0 saturated carbocycles. The van der Waals surface area contributed by atoms with Crippen LogP contribution in [0.3, 0.4) is 0 Å². The normalized spacial score (nSPS) is 11.0. The van der Waals surface area contributed by atoms with Crippen molar-refractivity contribution in [3.63, 3.8) is 0 Å². The second-order valence-corrected chi connectivity index (χ2v) is 7.05. The highest BCUT2D eigenvalue weighted by molar-refractivity contribution is 7.92. The summed E-state index contributed by atoms with van der Waals surface area (Å²) >= 11 is 0. The lowest BCUT2D eigenvalue weighted by Crippen LogP contribution is -2.16. The van der Waals surface area contributed by atoms with Gasteiger partial charge in [0.15, 0.2) is 0 Å². The van der Waals surface area contributed by atoms with Crippen molar-refractivity contribution in [1.29, 1.82) is 0 Å². The summed E-state index contributed by atoms with van der Waals surface area (Å²) in [5, 5.41) is 2.57. The van der Waals surface area contributed by atoms with Gasteiger partial charge in [-0.2, -0.15) is 0 Å². The van der Waals surface area contributed by atoms with Crippen LogP contribution in [0.15, 0.2) is 41.3 Å². The first-order chi connectivity index (χ1) is 11.2. The Kier molecular flexibility index (Phi) is 5.14. The number of carbonyl (C=O) groups excluding carboxylic acids is 1. The van der Waals surface area contributed by atoms with E-state index in [-0.39, 0.29) is 16.6 Å². The molecule has 0 spiro atoms. The molecule has 0 aliphatic heterocycles. The Morgan fingerprint density at radius 1 is 1.12 bits per heavy atom. The smallest absolute Gasteiger partial charge is 0.265 e. The minimum atomic E-state index is -3.88. The molecule has 128 valence electrons. The third-order valence-electron chi connectivity index (χ3n) is 3.62. The van der Waals surface area contributed by atoms with E-state index in [4.69, 9.17) is 4.74 Å². The van der Waals surface area contributed by atoms with E-state index in [2.05, 4.69) is 10.0 Å². The van der Waals surface area contributed by atoms with Crippen molar-refractivity contribution in [2.24, 2.45) is 0 Å². The van der Waals surface area contributed by atoms with Crippen molar-refractivity contribution in [1.82, 2.24) is 0 Å². The van der Waals surface area contributed by atoms with Gasteiger partial charge in [-0.05, 0) is 49.2 Å². The third-order valence-corrected chi connectivity index (χ3v) is 5.01. The van der Waals surface area contributed by atoms with Crippen LogP contribution >= 0.6 is 0 Å². The van der Waals surface area contributed by atoms with Crippen molar-refractivity contribution in [2.75, 3.05) is 17.1 Å². The Morgan fingerprint density at radius 2 is 1.83 bits per heavy atom. The predicted octanol–water partition coefficient (Wildman–Crippen LogP) is 3.07. The number of sulfonamides is 1. The van der Waals surface area contributed by atoms with Gasteiger partial charge in [-0.15, -0.1) is 0 Å². The molecule has 7 heteroatoms. The largest absolute Gasteiger partial charge is 0.495 e. The molecule has 0 unspecified atom stereocenters. The van der Waals surface area contributed by atoms with E-state index in [0.29, 0.717) is 11.4 Å². The zero-order valence-electron chi connectivity index (χ0n) is 14.0. The molecule has 24 heavy (non-hydrogen) atoms. The van der Waals surface area contributed by atoms with Gasteiger partial charge in [0, 0.05) is 12.6 Å². The first-order valence-electron chi connectivity index (χ1n) is 7.29. The van der Waals surface area contributed by atoms with E-state index in [1.165, 1.54) is 26.2 Å². The standard InChI is InChI=1S/C17H20N2O4S/c1-11-6-5-7-15(12(11)2)19-24(21,22)17-10-14(18-13(3)20)8-9-16(17)23-4/h5-10,19H,1-4H3,(H,18,20). The number of ether oxygens (including phenoxy) is 1. The first kappa shape index (κ1) is 17.8. The molecular weight excluding hydrogens is 328 g/mol. The zero-order valence-corrected chi connectivity index (χ0v) is 14.8. The van der Waals surface area contributed by atoms with Crippen molar-refractivity contribution in [3.8, 4) is 5.75 Å². The molecule has 0 atom stereocenters. The van der Waals surface area contributed by atoms with E-state index in [9.17, 15) is 13.2 Å². The van der Waals surface area contributed by atoms with Crippen molar-refractivity contribution < 1.29 is 17.9 Å². The van der Waals surface area contributed by atoms with Gasteiger partial charge in [0.1, 0.15) is 10.6 Å². The number of methoxy groups -OCH3 is 1. The molecule has 0 bridgehead atoms. The topological polar surface area (TPSA) is 84.5 Å². The number of rotatable bonds is 5. The van der Waals surface area contributed by atoms with Crippen LogP contribution in [-0.2, 0) is 14.8 Å². The fraction of sp³-hybridized carbons (Fsp3) is 0.235. The zero-order chi connectivity index (χ0) is 17.9. The van der Waals surface area contributed by atoms with Gasteiger partial charge in [0.05, 0.1) is 12.8 Å². The number of carbonyl (C=O) groups is 1. The second kappa shape index (κ2) is 6.92. The summed E-state index contributed by atoms with van der Waals surface area (Å²) in [7, 11) is -2.49. The summed E-state index contributed by atoms with van der Waals surface area (Å²) in [6.07, 6.45) is 0. The Balaban J connectivity index is 2.47. The molecule has 6 nitrogen and oxygen atoms in total. The van der Waals surface area contributed by atoms with E-state index in [1.54, 1.807) is 18.2 Å². The van der Waals surface area contributed by atoms with Gasteiger partial charge in [-0.1, -0.05) is 12.1 Å². The molecule has 0 aromatic heterocycles. The average molecular weight is 348 g/mol. The van der Waals surface area contributed by atoms with Crippen LogP contribution < -0.4 is 14.8 Å². The van der Waals surface area contributed by atoms with Gasteiger partial charge in [-0.3, -0.25) is 9.52 Å². The maximum absolute atomic E-state index is 12.8. The molecule has 0 heterocycles. The molecule has 2 aromatic carbocycles. The SMILES string of the molecule is COc1ccc(NC(C)=O)cc1S(=O)(=O)Nc1cccc(C)c1C. The molecule has 1 amide bonds. The number of hydrogen-bond donors (Lipinski definition) is 2.